The highest BCUT2D eigenvalue weighted by Crippen LogP contribution is 2.63. The predicted octanol–water partition coefficient (Wildman–Crippen LogP) is 3.41. The fraction of sp³-hybridized carbons (Fsp3) is 0.750. The van der Waals surface area contributed by atoms with Crippen LogP contribution < -0.4 is 0 Å². The van der Waals surface area contributed by atoms with Gasteiger partial charge in [-0.2, -0.15) is 13.2 Å². The van der Waals surface area contributed by atoms with Crippen molar-refractivity contribution in [3.05, 3.63) is 12.3 Å². The number of ether oxygens (including phenoxy) is 1. The van der Waals surface area contributed by atoms with Crippen molar-refractivity contribution in [2.45, 2.75) is 44.9 Å². The summed E-state index contributed by atoms with van der Waals surface area (Å²) in [7, 11) is 0. The van der Waals surface area contributed by atoms with Gasteiger partial charge >= 0.3 is 6.18 Å². The highest BCUT2D eigenvalue weighted by atomic mass is 19.4. The van der Waals surface area contributed by atoms with Gasteiger partial charge in [0, 0.05) is 0 Å². The summed E-state index contributed by atoms with van der Waals surface area (Å²) >= 11 is 0. The zero-order valence-electron chi connectivity index (χ0n) is 10.4. The minimum atomic E-state index is -4.42. The van der Waals surface area contributed by atoms with Gasteiger partial charge in [-0.3, -0.25) is 0 Å². The first-order valence-corrected chi connectivity index (χ1v) is 5.94. The van der Waals surface area contributed by atoms with E-state index in [9.17, 15) is 13.2 Å². The molecule has 2 unspecified atom stereocenters. The lowest BCUT2D eigenvalue weighted by atomic mass is 9.70. The highest BCUT2D eigenvalue weighted by molar-refractivity contribution is 5.92. The van der Waals surface area contributed by atoms with Gasteiger partial charge < -0.3 is 9.57 Å². The van der Waals surface area contributed by atoms with Crippen LogP contribution in [0.3, 0.4) is 0 Å². The molecule has 1 saturated carbocycles. The second-order valence-electron chi connectivity index (χ2n) is 4.71. The van der Waals surface area contributed by atoms with Gasteiger partial charge in [0.1, 0.15) is 5.76 Å². The fourth-order valence-corrected chi connectivity index (χ4v) is 3.13. The van der Waals surface area contributed by atoms with E-state index in [2.05, 4.69) is 11.7 Å². The Morgan fingerprint density at radius 3 is 2.72 bits per heavy atom. The Labute approximate surface area is 104 Å². The molecule has 0 bridgehead atoms. The van der Waals surface area contributed by atoms with Crippen molar-refractivity contribution in [2.75, 3.05) is 6.61 Å². The van der Waals surface area contributed by atoms with Crippen LogP contribution in [0.15, 0.2) is 17.5 Å². The Bertz CT molecular complexity index is 405. The monoisotopic (exact) mass is 263 g/mol. The van der Waals surface area contributed by atoms with E-state index >= 15 is 0 Å². The lowest BCUT2D eigenvalue weighted by molar-refractivity contribution is -0.241. The van der Waals surface area contributed by atoms with E-state index in [1.165, 1.54) is 6.92 Å². The third-order valence-corrected chi connectivity index (χ3v) is 3.98. The molecular weight excluding hydrogens is 247 g/mol. The van der Waals surface area contributed by atoms with Crippen molar-refractivity contribution < 1.29 is 22.7 Å². The number of hydrogen-bond acceptors (Lipinski definition) is 3. The Kier molecular flexibility index (Phi) is 2.87. The van der Waals surface area contributed by atoms with E-state index < -0.39 is 17.2 Å². The molecule has 6 heteroatoms. The third-order valence-electron chi connectivity index (χ3n) is 3.98. The summed E-state index contributed by atoms with van der Waals surface area (Å²) in [6.07, 6.45) is -3.81. The summed E-state index contributed by atoms with van der Waals surface area (Å²) in [6, 6.07) is 0. The standard InChI is InChI=1S/C12H16F3NO2/c1-4-17-9(3)11-7-5-6-10(11,12(13,14)15)8(2)16-18-11/h3-7H2,1-2H3. The molecule has 0 aromatic heterocycles. The first kappa shape index (κ1) is 13.2. The Morgan fingerprint density at radius 1 is 1.50 bits per heavy atom. The number of oxime groups is 1. The molecule has 1 aliphatic heterocycles. The maximum Gasteiger partial charge on any atom is 0.404 e. The fourth-order valence-electron chi connectivity index (χ4n) is 3.13. The molecule has 0 aromatic carbocycles. The van der Waals surface area contributed by atoms with Crippen LogP contribution in [0, 0.1) is 5.41 Å². The Balaban J connectivity index is 2.51. The van der Waals surface area contributed by atoms with Crippen LogP contribution in [0.25, 0.3) is 0 Å². The van der Waals surface area contributed by atoms with E-state index in [0.29, 0.717) is 6.42 Å². The van der Waals surface area contributed by atoms with E-state index in [1.807, 2.05) is 0 Å². The molecule has 1 fully saturated rings. The molecule has 102 valence electrons. The lowest BCUT2D eigenvalue weighted by Crippen LogP contribution is -2.56. The van der Waals surface area contributed by atoms with Gasteiger partial charge in [-0.15, -0.1) is 0 Å². The molecule has 0 aromatic rings. The topological polar surface area (TPSA) is 30.8 Å². The van der Waals surface area contributed by atoms with Crippen molar-refractivity contribution in [3.63, 3.8) is 0 Å². The summed E-state index contributed by atoms with van der Waals surface area (Å²) in [4.78, 5) is 5.16. The molecule has 0 radical (unpaired) electrons. The summed E-state index contributed by atoms with van der Waals surface area (Å²) in [5.41, 5.74) is -3.69. The molecule has 2 atom stereocenters. The molecule has 0 spiro atoms. The van der Waals surface area contributed by atoms with Gasteiger partial charge in [0.05, 0.1) is 12.3 Å². The van der Waals surface area contributed by atoms with Crippen molar-refractivity contribution in [3.8, 4) is 0 Å². The predicted molar refractivity (Wildman–Crippen MR) is 60.0 cm³/mol. The van der Waals surface area contributed by atoms with Gasteiger partial charge in [0.2, 0.25) is 5.60 Å². The quantitative estimate of drug-likeness (QED) is 0.730. The SMILES string of the molecule is C=C(OCC)C12CCCC1(C(F)(F)F)C(C)=NO2. The van der Waals surface area contributed by atoms with Crippen LogP contribution >= 0.6 is 0 Å². The van der Waals surface area contributed by atoms with Crippen molar-refractivity contribution >= 4 is 5.71 Å². The van der Waals surface area contributed by atoms with Crippen LogP contribution in [0.1, 0.15) is 33.1 Å². The number of hydrogen-bond donors (Lipinski definition) is 0. The second-order valence-corrected chi connectivity index (χ2v) is 4.71. The molecule has 1 aliphatic carbocycles. The van der Waals surface area contributed by atoms with Gasteiger partial charge in [0.15, 0.2) is 5.41 Å². The van der Waals surface area contributed by atoms with Gasteiger partial charge in [-0.1, -0.05) is 11.7 Å². The first-order chi connectivity index (χ1) is 8.32. The van der Waals surface area contributed by atoms with Gasteiger partial charge in [-0.25, -0.2) is 0 Å². The molecule has 2 rings (SSSR count). The van der Waals surface area contributed by atoms with Crippen molar-refractivity contribution in [2.24, 2.45) is 10.6 Å². The normalized spacial score (nSPS) is 34.8. The summed E-state index contributed by atoms with van der Waals surface area (Å²) in [5, 5.41) is 3.59. The summed E-state index contributed by atoms with van der Waals surface area (Å²) in [6.45, 7) is 6.96. The minimum Gasteiger partial charge on any atom is -0.494 e. The van der Waals surface area contributed by atoms with Crippen LogP contribution in [0.2, 0.25) is 0 Å². The molecule has 18 heavy (non-hydrogen) atoms. The second kappa shape index (κ2) is 3.90. The molecule has 0 saturated heterocycles. The number of nitrogens with zero attached hydrogens (tertiary/aromatic N) is 1. The van der Waals surface area contributed by atoms with Crippen molar-refractivity contribution in [1.82, 2.24) is 0 Å². The van der Waals surface area contributed by atoms with Crippen LogP contribution in [-0.2, 0) is 9.57 Å². The molecule has 3 nitrogen and oxygen atoms in total. The van der Waals surface area contributed by atoms with Gasteiger partial charge in [-0.05, 0) is 33.1 Å². The lowest BCUT2D eigenvalue weighted by Gasteiger charge is -2.39. The van der Waals surface area contributed by atoms with E-state index in [-0.39, 0.29) is 30.9 Å². The van der Waals surface area contributed by atoms with E-state index in [0.717, 1.165) is 0 Å². The number of alkyl halides is 3. The number of rotatable bonds is 3. The number of halogens is 3. The average molecular weight is 263 g/mol. The third kappa shape index (κ3) is 1.34. The first-order valence-electron chi connectivity index (χ1n) is 5.94. The van der Waals surface area contributed by atoms with E-state index in [4.69, 9.17) is 9.57 Å². The smallest absolute Gasteiger partial charge is 0.404 e. The molecule has 2 aliphatic rings. The Morgan fingerprint density at radius 2 is 2.17 bits per heavy atom. The maximum atomic E-state index is 13.5. The zero-order valence-corrected chi connectivity index (χ0v) is 10.4. The van der Waals surface area contributed by atoms with Gasteiger partial charge in [0.25, 0.3) is 0 Å². The highest BCUT2D eigenvalue weighted by Gasteiger charge is 2.76. The maximum absolute atomic E-state index is 13.5. The number of fused-ring (bicyclic) bond motifs is 1. The van der Waals surface area contributed by atoms with Crippen LogP contribution in [0.4, 0.5) is 13.2 Å². The summed E-state index contributed by atoms with van der Waals surface area (Å²) in [5.74, 6) is 0.0282. The van der Waals surface area contributed by atoms with Crippen molar-refractivity contribution in [1.29, 1.82) is 0 Å². The molecule has 0 amide bonds. The largest absolute Gasteiger partial charge is 0.494 e. The molecule has 0 N–H and O–H groups in total. The minimum absolute atomic E-state index is 0.0282. The van der Waals surface area contributed by atoms with E-state index in [1.54, 1.807) is 6.92 Å². The zero-order chi connectivity index (χ0) is 13.6. The van der Waals surface area contributed by atoms with Crippen LogP contribution in [0.5, 0.6) is 0 Å². The molecular formula is C12H16F3NO2. The average Bonchev–Trinajstić information content (AvgIpc) is 2.77. The van der Waals surface area contributed by atoms with Crippen LogP contribution in [-0.4, -0.2) is 24.1 Å². The Hall–Kier alpha value is -1.20. The molecule has 1 heterocycles. The summed E-state index contributed by atoms with van der Waals surface area (Å²) < 4.78 is 45.8.